The van der Waals surface area contributed by atoms with Gasteiger partial charge in [0.1, 0.15) is 0 Å². The first-order valence-corrected chi connectivity index (χ1v) is 6.42. The van der Waals surface area contributed by atoms with Crippen molar-refractivity contribution in [3.63, 3.8) is 0 Å². The molecular formula is C14H21NOS. The fourth-order valence-corrected chi connectivity index (χ4v) is 1.83. The first kappa shape index (κ1) is 14.1. The normalized spacial score (nSPS) is 12.6. The number of nitrogens with zero attached hydrogens (tertiary/aromatic N) is 1. The molecule has 17 heavy (non-hydrogen) atoms. The zero-order valence-corrected chi connectivity index (χ0v) is 11.9. The van der Waals surface area contributed by atoms with E-state index < -0.39 is 0 Å². The summed E-state index contributed by atoms with van der Waals surface area (Å²) in [4.78, 5) is 13.8. The van der Waals surface area contributed by atoms with Gasteiger partial charge in [-0.05, 0) is 24.0 Å². The van der Waals surface area contributed by atoms with Gasteiger partial charge in [0.25, 0.3) is 0 Å². The molecule has 1 unspecified atom stereocenters. The van der Waals surface area contributed by atoms with Gasteiger partial charge in [0.2, 0.25) is 5.91 Å². The molecule has 0 aliphatic carbocycles. The standard InChI is InChI=1S/C14H21NOS/c1-10(2)13(17)14(16)15(4)9-12-8-6-5-7-11(12)3/h5-8,10,13,17H,9H2,1-4H3. The molecule has 1 amide bonds. The zero-order valence-electron chi connectivity index (χ0n) is 11.0. The van der Waals surface area contributed by atoms with Crippen LogP contribution in [0.5, 0.6) is 0 Å². The van der Waals surface area contributed by atoms with Crippen molar-refractivity contribution in [1.82, 2.24) is 4.90 Å². The van der Waals surface area contributed by atoms with Crippen molar-refractivity contribution < 1.29 is 4.79 Å². The molecule has 1 rings (SSSR count). The van der Waals surface area contributed by atoms with E-state index in [1.165, 1.54) is 11.1 Å². The summed E-state index contributed by atoms with van der Waals surface area (Å²) in [5.74, 6) is 0.344. The Kier molecular flexibility index (Phi) is 5.06. The average Bonchev–Trinajstić information content (AvgIpc) is 2.30. The maximum absolute atomic E-state index is 12.0. The quantitative estimate of drug-likeness (QED) is 0.816. The topological polar surface area (TPSA) is 20.3 Å². The van der Waals surface area contributed by atoms with Crippen LogP contribution in [-0.2, 0) is 11.3 Å². The van der Waals surface area contributed by atoms with E-state index in [2.05, 4.69) is 31.7 Å². The summed E-state index contributed by atoms with van der Waals surface area (Å²) in [6.07, 6.45) is 0. The Morgan fingerprint density at radius 2 is 1.94 bits per heavy atom. The maximum atomic E-state index is 12.0. The van der Waals surface area contributed by atoms with Crippen molar-refractivity contribution in [1.29, 1.82) is 0 Å². The molecule has 1 atom stereocenters. The van der Waals surface area contributed by atoms with E-state index in [1.54, 1.807) is 4.90 Å². The summed E-state index contributed by atoms with van der Waals surface area (Å²) < 4.78 is 0. The lowest BCUT2D eigenvalue weighted by Crippen LogP contribution is -2.35. The average molecular weight is 251 g/mol. The van der Waals surface area contributed by atoms with Crippen molar-refractivity contribution >= 4 is 18.5 Å². The van der Waals surface area contributed by atoms with Crippen molar-refractivity contribution in [2.75, 3.05) is 7.05 Å². The van der Waals surface area contributed by atoms with E-state index in [1.807, 2.05) is 33.0 Å². The molecule has 0 aliphatic heterocycles. The van der Waals surface area contributed by atoms with Crippen LogP contribution in [0.1, 0.15) is 25.0 Å². The largest absolute Gasteiger partial charge is 0.340 e. The van der Waals surface area contributed by atoms with Crippen molar-refractivity contribution in [2.24, 2.45) is 5.92 Å². The molecular weight excluding hydrogens is 230 g/mol. The van der Waals surface area contributed by atoms with Crippen LogP contribution in [0.25, 0.3) is 0 Å². The highest BCUT2D eigenvalue weighted by Gasteiger charge is 2.21. The molecule has 0 saturated carbocycles. The predicted molar refractivity (Wildman–Crippen MR) is 75.3 cm³/mol. The Labute approximate surface area is 109 Å². The van der Waals surface area contributed by atoms with Gasteiger partial charge in [-0.3, -0.25) is 4.79 Å². The number of amides is 1. The monoisotopic (exact) mass is 251 g/mol. The number of benzene rings is 1. The highest BCUT2D eigenvalue weighted by molar-refractivity contribution is 7.81. The second-order valence-corrected chi connectivity index (χ2v) is 5.37. The van der Waals surface area contributed by atoms with E-state index in [-0.39, 0.29) is 17.1 Å². The molecule has 0 aromatic heterocycles. The van der Waals surface area contributed by atoms with Crippen LogP contribution >= 0.6 is 12.6 Å². The summed E-state index contributed by atoms with van der Waals surface area (Å²) in [7, 11) is 1.83. The summed E-state index contributed by atoms with van der Waals surface area (Å²) in [5.41, 5.74) is 2.40. The van der Waals surface area contributed by atoms with Gasteiger partial charge in [-0.15, -0.1) is 0 Å². The Balaban J connectivity index is 2.70. The molecule has 0 aliphatic rings. The van der Waals surface area contributed by atoms with Crippen molar-refractivity contribution in [2.45, 2.75) is 32.6 Å². The van der Waals surface area contributed by atoms with Crippen LogP contribution in [0, 0.1) is 12.8 Å². The lowest BCUT2D eigenvalue weighted by Gasteiger charge is -2.23. The van der Waals surface area contributed by atoms with Crippen LogP contribution in [-0.4, -0.2) is 23.1 Å². The summed E-state index contributed by atoms with van der Waals surface area (Å²) >= 11 is 4.36. The summed E-state index contributed by atoms with van der Waals surface area (Å²) in [6, 6.07) is 8.13. The molecule has 2 nitrogen and oxygen atoms in total. The Bertz CT molecular complexity index is 390. The van der Waals surface area contributed by atoms with Crippen LogP contribution in [0.4, 0.5) is 0 Å². The molecule has 1 aromatic rings. The number of thiol groups is 1. The number of carbonyl (C=O) groups is 1. The van der Waals surface area contributed by atoms with Crippen LogP contribution < -0.4 is 0 Å². The van der Waals surface area contributed by atoms with E-state index in [0.29, 0.717) is 6.54 Å². The highest BCUT2D eigenvalue weighted by atomic mass is 32.1. The molecule has 0 bridgehead atoms. The zero-order chi connectivity index (χ0) is 13.0. The second-order valence-electron chi connectivity index (χ2n) is 4.81. The second kappa shape index (κ2) is 6.10. The lowest BCUT2D eigenvalue weighted by molar-refractivity contribution is -0.130. The van der Waals surface area contributed by atoms with Crippen molar-refractivity contribution in [3.8, 4) is 0 Å². The molecule has 0 spiro atoms. The van der Waals surface area contributed by atoms with Gasteiger partial charge >= 0.3 is 0 Å². The number of hydrogen-bond donors (Lipinski definition) is 1. The molecule has 0 saturated heterocycles. The Morgan fingerprint density at radius 3 is 2.47 bits per heavy atom. The number of rotatable bonds is 4. The minimum atomic E-state index is -0.219. The van der Waals surface area contributed by atoms with Gasteiger partial charge in [0.15, 0.2) is 0 Å². The summed E-state index contributed by atoms with van der Waals surface area (Å²) in [6.45, 7) is 6.73. The fourth-order valence-electron chi connectivity index (χ4n) is 1.63. The predicted octanol–water partition coefficient (Wildman–Crippen LogP) is 2.91. The molecule has 0 N–H and O–H groups in total. The smallest absolute Gasteiger partial charge is 0.235 e. The van der Waals surface area contributed by atoms with E-state index >= 15 is 0 Å². The first-order valence-electron chi connectivity index (χ1n) is 5.91. The first-order chi connectivity index (χ1) is 7.93. The third kappa shape index (κ3) is 3.77. The van der Waals surface area contributed by atoms with Gasteiger partial charge in [-0.25, -0.2) is 0 Å². The van der Waals surface area contributed by atoms with Crippen LogP contribution in [0.3, 0.4) is 0 Å². The van der Waals surface area contributed by atoms with Gasteiger partial charge in [0, 0.05) is 13.6 Å². The molecule has 0 radical (unpaired) electrons. The van der Waals surface area contributed by atoms with Gasteiger partial charge < -0.3 is 4.90 Å². The van der Waals surface area contributed by atoms with Gasteiger partial charge in [-0.1, -0.05) is 38.1 Å². The van der Waals surface area contributed by atoms with Crippen LogP contribution in [0.2, 0.25) is 0 Å². The molecule has 1 aromatic carbocycles. The van der Waals surface area contributed by atoms with E-state index in [4.69, 9.17) is 0 Å². The SMILES string of the molecule is Cc1ccccc1CN(C)C(=O)C(S)C(C)C. The highest BCUT2D eigenvalue weighted by Crippen LogP contribution is 2.15. The number of aryl methyl sites for hydroxylation is 1. The third-order valence-corrected chi connectivity index (χ3v) is 3.75. The van der Waals surface area contributed by atoms with E-state index in [9.17, 15) is 4.79 Å². The molecule has 3 heteroatoms. The minimum absolute atomic E-state index is 0.0894. The Hall–Kier alpha value is -0.960. The van der Waals surface area contributed by atoms with Gasteiger partial charge in [0.05, 0.1) is 5.25 Å². The molecule has 94 valence electrons. The Morgan fingerprint density at radius 1 is 1.35 bits per heavy atom. The minimum Gasteiger partial charge on any atom is -0.340 e. The van der Waals surface area contributed by atoms with E-state index in [0.717, 1.165) is 0 Å². The fraction of sp³-hybridized carbons (Fsp3) is 0.500. The summed E-state index contributed by atoms with van der Waals surface area (Å²) in [5, 5.41) is -0.219. The number of carbonyl (C=O) groups excluding carboxylic acids is 1. The third-order valence-electron chi connectivity index (χ3n) is 2.93. The van der Waals surface area contributed by atoms with Crippen LogP contribution in [0.15, 0.2) is 24.3 Å². The molecule has 0 fully saturated rings. The maximum Gasteiger partial charge on any atom is 0.235 e. The van der Waals surface area contributed by atoms with Gasteiger partial charge in [-0.2, -0.15) is 12.6 Å². The van der Waals surface area contributed by atoms with Crippen molar-refractivity contribution in [3.05, 3.63) is 35.4 Å². The molecule has 0 heterocycles. The number of hydrogen-bond acceptors (Lipinski definition) is 2. The lowest BCUT2D eigenvalue weighted by atomic mass is 10.1.